The van der Waals surface area contributed by atoms with Crippen molar-refractivity contribution in [3.8, 4) is 0 Å². The first kappa shape index (κ1) is 10.4. The molecule has 1 unspecified atom stereocenters. The van der Waals surface area contributed by atoms with Gasteiger partial charge in [-0.05, 0) is 46.3 Å². The molecule has 0 aromatic carbocycles. The lowest BCUT2D eigenvalue weighted by Gasteiger charge is -2.27. The second kappa shape index (κ2) is 3.80. The lowest BCUT2D eigenvalue weighted by molar-refractivity contribution is 0.209. The standard InChI is InChI=1S/C11H23N3/c1-13(9-11(12)5-6-11)8-10-4-3-7-14(10)2/h10H,3-9,12H2,1-2H3. The third kappa shape index (κ3) is 2.47. The zero-order chi connectivity index (χ0) is 10.2. The first-order valence-corrected chi connectivity index (χ1v) is 5.77. The molecule has 2 rings (SSSR count). The predicted molar refractivity (Wildman–Crippen MR) is 59.3 cm³/mol. The lowest BCUT2D eigenvalue weighted by atomic mass is 10.2. The van der Waals surface area contributed by atoms with Gasteiger partial charge in [-0.25, -0.2) is 0 Å². The molecule has 3 nitrogen and oxygen atoms in total. The number of nitrogens with zero attached hydrogens (tertiary/aromatic N) is 2. The summed E-state index contributed by atoms with van der Waals surface area (Å²) in [5.41, 5.74) is 6.27. The molecule has 0 aromatic rings. The molecule has 1 aliphatic heterocycles. The molecule has 1 atom stereocenters. The quantitative estimate of drug-likeness (QED) is 0.712. The second-order valence-electron chi connectivity index (χ2n) is 5.34. The van der Waals surface area contributed by atoms with Crippen molar-refractivity contribution in [3.63, 3.8) is 0 Å². The van der Waals surface area contributed by atoms with E-state index in [1.165, 1.54) is 38.8 Å². The summed E-state index contributed by atoms with van der Waals surface area (Å²) in [6, 6.07) is 0.766. The van der Waals surface area contributed by atoms with Crippen LogP contribution in [-0.2, 0) is 0 Å². The van der Waals surface area contributed by atoms with Crippen LogP contribution in [0.1, 0.15) is 25.7 Å². The Bertz CT molecular complexity index is 201. The summed E-state index contributed by atoms with van der Waals surface area (Å²) in [5, 5.41) is 0. The van der Waals surface area contributed by atoms with Gasteiger partial charge in [0.1, 0.15) is 0 Å². The molecular weight excluding hydrogens is 174 g/mol. The number of likely N-dealkylation sites (N-methyl/N-ethyl adjacent to an activating group) is 2. The average Bonchev–Trinajstić information content (AvgIpc) is 2.67. The minimum Gasteiger partial charge on any atom is -0.324 e. The van der Waals surface area contributed by atoms with Crippen molar-refractivity contribution in [2.24, 2.45) is 5.73 Å². The Morgan fingerprint density at radius 1 is 1.50 bits per heavy atom. The van der Waals surface area contributed by atoms with E-state index in [1.807, 2.05) is 0 Å². The number of hydrogen-bond donors (Lipinski definition) is 1. The van der Waals surface area contributed by atoms with E-state index in [9.17, 15) is 0 Å². The molecule has 1 saturated heterocycles. The van der Waals surface area contributed by atoms with Crippen LogP contribution in [0.3, 0.4) is 0 Å². The van der Waals surface area contributed by atoms with E-state index in [1.54, 1.807) is 0 Å². The summed E-state index contributed by atoms with van der Waals surface area (Å²) >= 11 is 0. The molecule has 82 valence electrons. The summed E-state index contributed by atoms with van der Waals surface area (Å²) < 4.78 is 0. The maximum Gasteiger partial charge on any atom is 0.0284 e. The van der Waals surface area contributed by atoms with Crippen molar-refractivity contribution < 1.29 is 0 Å². The summed E-state index contributed by atoms with van der Waals surface area (Å²) in [4.78, 5) is 4.89. The van der Waals surface area contributed by atoms with Gasteiger partial charge in [0.15, 0.2) is 0 Å². The van der Waals surface area contributed by atoms with Crippen LogP contribution in [0.2, 0.25) is 0 Å². The summed E-state index contributed by atoms with van der Waals surface area (Å²) in [7, 11) is 4.44. The van der Waals surface area contributed by atoms with E-state index in [4.69, 9.17) is 5.73 Å². The summed E-state index contributed by atoms with van der Waals surface area (Å²) in [6.45, 7) is 3.54. The fourth-order valence-electron chi connectivity index (χ4n) is 2.49. The van der Waals surface area contributed by atoms with E-state index >= 15 is 0 Å². The topological polar surface area (TPSA) is 32.5 Å². The first-order chi connectivity index (χ1) is 6.59. The van der Waals surface area contributed by atoms with Crippen LogP contribution in [0, 0.1) is 0 Å². The number of nitrogens with two attached hydrogens (primary N) is 1. The maximum absolute atomic E-state index is 6.10. The van der Waals surface area contributed by atoms with Crippen molar-refractivity contribution in [1.29, 1.82) is 0 Å². The minimum atomic E-state index is 0.173. The van der Waals surface area contributed by atoms with Gasteiger partial charge in [0.25, 0.3) is 0 Å². The fourth-order valence-corrected chi connectivity index (χ4v) is 2.49. The molecule has 3 heteroatoms. The summed E-state index contributed by atoms with van der Waals surface area (Å²) in [6.07, 6.45) is 5.16. The Balaban J connectivity index is 1.73. The van der Waals surface area contributed by atoms with Crippen molar-refractivity contribution in [1.82, 2.24) is 9.80 Å². The van der Waals surface area contributed by atoms with Gasteiger partial charge < -0.3 is 15.5 Å². The largest absolute Gasteiger partial charge is 0.324 e. The number of rotatable bonds is 4. The van der Waals surface area contributed by atoms with Crippen LogP contribution in [0.4, 0.5) is 0 Å². The number of hydrogen-bond acceptors (Lipinski definition) is 3. The molecule has 14 heavy (non-hydrogen) atoms. The van der Waals surface area contributed by atoms with Crippen LogP contribution in [0.5, 0.6) is 0 Å². The highest BCUT2D eigenvalue weighted by Gasteiger charge is 2.39. The van der Waals surface area contributed by atoms with E-state index in [-0.39, 0.29) is 5.54 Å². The monoisotopic (exact) mass is 197 g/mol. The first-order valence-electron chi connectivity index (χ1n) is 5.77. The highest BCUT2D eigenvalue weighted by molar-refractivity contribution is 5.01. The minimum absolute atomic E-state index is 0.173. The van der Waals surface area contributed by atoms with Crippen molar-refractivity contribution in [3.05, 3.63) is 0 Å². The Kier molecular flexibility index (Phi) is 2.82. The van der Waals surface area contributed by atoms with Crippen LogP contribution in [0.15, 0.2) is 0 Å². The van der Waals surface area contributed by atoms with Crippen molar-refractivity contribution >= 4 is 0 Å². The Morgan fingerprint density at radius 3 is 2.71 bits per heavy atom. The highest BCUT2D eigenvalue weighted by atomic mass is 15.2. The fraction of sp³-hybridized carbons (Fsp3) is 1.00. The van der Waals surface area contributed by atoms with Crippen LogP contribution < -0.4 is 5.73 Å². The highest BCUT2D eigenvalue weighted by Crippen LogP contribution is 2.32. The molecule has 1 aliphatic carbocycles. The third-order valence-electron chi connectivity index (χ3n) is 3.67. The Morgan fingerprint density at radius 2 is 2.21 bits per heavy atom. The maximum atomic E-state index is 6.10. The van der Waals surface area contributed by atoms with Gasteiger partial charge in [-0.2, -0.15) is 0 Å². The number of likely N-dealkylation sites (tertiary alicyclic amines) is 1. The van der Waals surface area contributed by atoms with Gasteiger partial charge in [-0.15, -0.1) is 0 Å². The zero-order valence-electron chi connectivity index (χ0n) is 9.50. The molecule has 0 aromatic heterocycles. The Labute approximate surface area is 87.2 Å². The van der Waals surface area contributed by atoms with Gasteiger partial charge >= 0.3 is 0 Å². The average molecular weight is 197 g/mol. The van der Waals surface area contributed by atoms with Gasteiger partial charge in [-0.3, -0.25) is 0 Å². The molecular formula is C11H23N3. The third-order valence-corrected chi connectivity index (χ3v) is 3.67. The zero-order valence-corrected chi connectivity index (χ0v) is 9.50. The van der Waals surface area contributed by atoms with Gasteiger partial charge in [0.2, 0.25) is 0 Å². The molecule has 2 N–H and O–H groups in total. The van der Waals surface area contributed by atoms with Crippen LogP contribution in [-0.4, -0.2) is 55.1 Å². The van der Waals surface area contributed by atoms with Crippen molar-refractivity contribution in [2.75, 3.05) is 33.7 Å². The van der Waals surface area contributed by atoms with E-state index in [0.717, 1.165) is 12.6 Å². The molecule has 1 saturated carbocycles. The van der Waals surface area contributed by atoms with E-state index in [0.29, 0.717) is 0 Å². The molecule has 1 heterocycles. The van der Waals surface area contributed by atoms with E-state index in [2.05, 4.69) is 23.9 Å². The molecule has 0 spiro atoms. The van der Waals surface area contributed by atoms with Crippen LogP contribution in [0.25, 0.3) is 0 Å². The van der Waals surface area contributed by atoms with Crippen molar-refractivity contribution in [2.45, 2.75) is 37.3 Å². The van der Waals surface area contributed by atoms with Gasteiger partial charge in [-0.1, -0.05) is 0 Å². The van der Waals surface area contributed by atoms with E-state index < -0.39 is 0 Å². The molecule has 2 fully saturated rings. The molecule has 0 bridgehead atoms. The SMILES string of the molecule is CN(CC1CCCN1C)CC1(N)CC1. The molecule has 0 amide bonds. The smallest absolute Gasteiger partial charge is 0.0284 e. The molecule has 2 aliphatic rings. The predicted octanol–water partition coefficient (Wildman–Crippen LogP) is 0.504. The molecule has 0 radical (unpaired) electrons. The van der Waals surface area contributed by atoms with Crippen LogP contribution >= 0.6 is 0 Å². The lowest BCUT2D eigenvalue weighted by Crippen LogP contribution is -2.43. The van der Waals surface area contributed by atoms with Gasteiger partial charge in [0, 0.05) is 24.7 Å². The summed E-state index contributed by atoms with van der Waals surface area (Å²) in [5.74, 6) is 0. The normalized spacial score (nSPS) is 31.3. The Hall–Kier alpha value is -0.120. The second-order valence-corrected chi connectivity index (χ2v) is 5.34. The van der Waals surface area contributed by atoms with Gasteiger partial charge in [0.05, 0.1) is 0 Å².